The van der Waals surface area contributed by atoms with Crippen LogP contribution in [0.25, 0.3) is 0 Å². The summed E-state index contributed by atoms with van der Waals surface area (Å²) >= 11 is 5.86. The van der Waals surface area contributed by atoms with Gasteiger partial charge in [0.15, 0.2) is 6.10 Å². The van der Waals surface area contributed by atoms with Gasteiger partial charge in [0.25, 0.3) is 5.91 Å². The second-order valence-corrected chi connectivity index (χ2v) is 6.55. The summed E-state index contributed by atoms with van der Waals surface area (Å²) in [4.78, 5) is 26.8. The number of benzene rings is 2. The van der Waals surface area contributed by atoms with Gasteiger partial charge in [-0.05, 0) is 62.7 Å². The van der Waals surface area contributed by atoms with Gasteiger partial charge in [0.05, 0.1) is 5.69 Å². The zero-order valence-electron chi connectivity index (χ0n) is 14.2. The topological polar surface area (TPSA) is 58.6 Å². The third-order valence-corrected chi connectivity index (χ3v) is 4.39. The van der Waals surface area contributed by atoms with Gasteiger partial charge in [-0.25, -0.2) is 0 Å². The molecule has 2 aromatic carbocycles. The lowest BCUT2D eigenvalue weighted by Gasteiger charge is -2.36. The molecule has 0 saturated carbocycles. The van der Waals surface area contributed by atoms with E-state index in [9.17, 15) is 9.59 Å². The van der Waals surface area contributed by atoms with E-state index >= 15 is 0 Å². The number of ether oxygens (including phenoxy) is 1. The molecule has 1 N–H and O–H groups in total. The number of nitrogens with zero attached hydrogens (tertiary/aromatic N) is 1. The highest BCUT2D eigenvalue weighted by Gasteiger charge is 2.37. The molecule has 0 radical (unpaired) electrons. The molecule has 1 aliphatic heterocycles. The first kappa shape index (κ1) is 17.3. The molecule has 2 atom stereocenters. The van der Waals surface area contributed by atoms with Crippen LogP contribution in [0.2, 0.25) is 5.02 Å². The number of halogens is 1. The van der Waals surface area contributed by atoms with Crippen molar-refractivity contribution in [3.63, 3.8) is 0 Å². The van der Waals surface area contributed by atoms with Crippen molar-refractivity contribution in [1.82, 2.24) is 0 Å². The van der Waals surface area contributed by atoms with E-state index in [4.69, 9.17) is 16.3 Å². The lowest BCUT2D eigenvalue weighted by molar-refractivity contribution is -0.128. The Morgan fingerprint density at radius 2 is 1.92 bits per heavy atom. The van der Waals surface area contributed by atoms with Gasteiger partial charge in [-0.1, -0.05) is 17.7 Å². The number of carbonyl (C=O) groups is 2. The number of nitrogens with one attached hydrogen (secondary N) is 1. The van der Waals surface area contributed by atoms with Crippen molar-refractivity contribution in [3.05, 3.63) is 53.1 Å². The van der Waals surface area contributed by atoms with Crippen LogP contribution < -0.4 is 15.0 Å². The van der Waals surface area contributed by atoms with Gasteiger partial charge >= 0.3 is 0 Å². The number of amides is 2. The predicted molar refractivity (Wildman–Crippen MR) is 98.3 cm³/mol. The van der Waals surface area contributed by atoms with E-state index < -0.39 is 12.1 Å². The first-order chi connectivity index (χ1) is 11.9. The molecule has 3 rings (SSSR count). The maximum atomic E-state index is 12.7. The lowest BCUT2D eigenvalue weighted by Crippen LogP contribution is -2.52. The van der Waals surface area contributed by atoms with Crippen molar-refractivity contribution >= 4 is 34.8 Å². The van der Waals surface area contributed by atoms with Crippen LogP contribution in [0, 0.1) is 6.92 Å². The fourth-order valence-electron chi connectivity index (χ4n) is 2.77. The summed E-state index contributed by atoms with van der Waals surface area (Å²) in [6.07, 6.45) is -0.638. The highest BCUT2D eigenvalue weighted by Crippen LogP contribution is 2.36. The Morgan fingerprint density at radius 1 is 1.24 bits per heavy atom. The largest absolute Gasteiger partial charge is 0.479 e. The van der Waals surface area contributed by atoms with Gasteiger partial charge in [-0.3, -0.25) is 14.5 Å². The Balaban J connectivity index is 1.88. The van der Waals surface area contributed by atoms with Gasteiger partial charge in [-0.2, -0.15) is 0 Å². The van der Waals surface area contributed by atoms with Gasteiger partial charge in [0, 0.05) is 10.7 Å². The maximum Gasteiger partial charge on any atom is 0.268 e. The van der Waals surface area contributed by atoms with Gasteiger partial charge in [0.1, 0.15) is 11.8 Å². The zero-order chi connectivity index (χ0) is 18.1. The normalized spacial score (nSPS) is 17.5. The summed E-state index contributed by atoms with van der Waals surface area (Å²) in [5.41, 5.74) is 2.22. The standard InChI is InChI=1S/C19H19ClN2O3/c1-11-4-9-17-16(10-11)22(19(24)13(3)25-17)12(2)18(23)21-15-7-5-14(20)6-8-15/h4-10,12-13H,1-3H3,(H,21,23). The van der Waals surface area contributed by atoms with Crippen LogP contribution in [0.1, 0.15) is 19.4 Å². The minimum Gasteiger partial charge on any atom is -0.479 e. The van der Waals surface area contributed by atoms with E-state index in [1.165, 1.54) is 4.90 Å². The Bertz CT molecular complexity index is 820. The SMILES string of the molecule is Cc1ccc2c(c1)N(C(C)C(=O)Nc1ccc(Cl)cc1)C(=O)C(C)O2. The fraction of sp³-hybridized carbons (Fsp3) is 0.263. The van der Waals surface area contributed by atoms with Crippen LogP contribution >= 0.6 is 11.6 Å². The van der Waals surface area contributed by atoms with Crippen molar-refractivity contribution in [3.8, 4) is 5.75 Å². The highest BCUT2D eigenvalue weighted by atomic mass is 35.5. The number of fused-ring (bicyclic) bond motifs is 1. The second kappa shape index (κ2) is 6.76. The van der Waals surface area contributed by atoms with Crippen LogP contribution in [0.3, 0.4) is 0 Å². The molecule has 0 saturated heterocycles. The van der Waals surface area contributed by atoms with E-state index in [0.29, 0.717) is 22.1 Å². The summed E-state index contributed by atoms with van der Waals surface area (Å²) in [5.74, 6) is 0.0814. The molecular formula is C19H19ClN2O3. The second-order valence-electron chi connectivity index (χ2n) is 6.11. The number of carbonyl (C=O) groups excluding carboxylic acids is 2. The minimum atomic E-state index is -0.685. The van der Waals surface area contributed by atoms with E-state index in [-0.39, 0.29) is 11.8 Å². The Hall–Kier alpha value is -2.53. The summed E-state index contributed by atoms with van der Waals surface area (Å²) in [7, 11) is 0. The van der Waals surface area contributed by atoms with Crippen molar-refractivity contribution in [2.24, 2.45) is 0 Å². The van der Waals surface area contributed by atoms with E-state index in [0.717, 1.165) is 5.56 Å². The van der Waals surface area contributed by atoms with E-state index in [1.54, 1.807) is 38.1 Å². The Kier molecular flexibility index (Phi) is 4.68. The number of rotatable bonds is 3. The molecular weight excluding hydrogens is 340 g/mol. The molecule has 0 fully saturated rings. The van der Waals surface area contributed by atoms with Crippen LogP contribution in [-0.2, 0) is 9.59 Å². The quantitative estimate of drug-likeness (QED) is 0.908. The third-order valence-electron chi connectivity index (χ3n) is 4.14. The average Bonchev–Trinajstić information content (AvgIpc) is 2.58. The molecule has 6 heteroatoms. The minimum absolute atomic E-state index is 0.239. The van der Waals surface area contributed by atoms with Gasteiger partial charge in [0.2, 0.25) is 5.91 Å². The summed E-state index contributed by atoms with van der Waals surface area (Å²) in [6, 6.07) is 11.7. The Morgan fingerprint density at radius 3 is 2.60 bits per heavy atom. The number of hydrogen-bond donors (Lipinski definition) is 1. The van der Waals surface area contributed by atoms with Crippen molar-refractivity contribution in [2.75, 3.05) is 10.2 Å². The number of anilines is 2. The smallest absolute Gasteiger partial charge is 0.268 e. The molecule has 0 bridgehead atoms. The van der Waals surface area contributed by atoms with Crippen molar-refractivity contribution in [2.45, 2.75) is 32.9 Å². The van der Waals surface area contributed by atoms with Crippen LogP contribution in [0.5, 0.6) is 5.75 Å². The van der Waals surface area contributed by atoms with Gasteiger partial charge in [-0.15, -0.1) is 0 Å². The van der Waals surface area contributed by atoms with E-state index in [2.05, 4.69) is 5.32 Å². The molecule has 2 aromatic rings. The predicted octanol–water partition coefficient (Wildman–Crippen LogP) is 3.79. The number of aryl methyl sites for hydroxylation is 1. The molecule has 0 aromatic heterocycles. The molecule has 25 heavy (non-hydrogen) atoms. The van der Waals surface area contributed by atoms with Crippen molar-refractivity contribution < 1.29 is 14.3 Å². The molecule has 130 valence electrons. The molecule has 0 spiro atoms. The first-order valence-corrected chi connectivity index (χ1v) is 8.41. The lowest BCUT2D eigenvalue weighted by atomic mass is 10.1. The van der Waals surface area contributed by atoms with Gasteiger partial charge < -0.3 is 10.1 Å². The molecule has 2 amide bonds. The number of hydrogen-bond acceptors (Lipinski definition) is 3. The van der Waals surface area contributed by atoms with Crippen LogP contribution in [0.4, 0.5) is 11.4 Å². The summed E-state index contributed by atoms with van der Waals surface area (Å²) in [5, 5.41) is 3.41. The molecule has 5 nitrogen and oxygen atoms in total. The van der Waals surface area contributed by atoms with Crippen LogP contribution in [0.15, 0.2) is 42.5 Å². The van der Waals surface area contributed by atoms with Crippen LogP contribution in [-0.4, -0.2) is 24.0 Å². The Labute approximate surface area is 151 Å². The summed E-state index contributed by atoms with van der Waals surface area (Å²) in [6.45, 7) is 5.31. The highest BCUT2D eigenvalue weighted by molar-refractivity contribution is 6.30. The monoisotopic (exact) mass is 358 g/mol. The maximum absolute atomic E-state index is 12.7. The average molecular weight is 359 g/mol. The fourth-order valence-corrected chi connectivity index (χ4v) is 2.89. The van der Waals surface area contributed by atoms with E-state index in [1.807, 2.05) is 25.1 Å². The molecule has 1 aliphatic rings. The third kappa shape index (κ3) is 3.46. The molecule has 0 aliphatic carbocycles. The summed E-state index contributed by atoms with van der Waals surface area (Å²) < 4.78 is 5.65. The zero-order valence-corrected chi connectivity index (χ0v) is 15.0. The molecule has 1 heterocycles. The van der Waals surface area contributed by atoms with Crippen molar-refractivity contribution in [1.29, 1.82) is 0 Å². The first-order valence-electron chi connectivity index (χ1n) is 8.03. The molecule has 2 unspecified atom stereocenters.